The van der Waals surface area contributed by atoms with Crippen LogP contribution >= 0.6 is 0 Å². The lowest BCUT2D eigenvalue weighted by atomic mass is 10.2. The molecule has 2 rings (SSSR count). The van der Waals surface area contributed by atoms with Crippen LogP contribution in [0.5, 0.6) is 0 Å². The fourth-order valence-electron chi connectivity index (χ4n) is 2.16. The van der Waals surface area contributed by atoms with E-state index >= 15 is 0 Å². The molecular formula is C21H21F3O2. The Bertz CT molecular complexity index is 688. The van der Waals surface area contributed by atoms with Crippen LogP contribution in [0.25, 0.3) is 0 Å². The summed E-state index contributed by atoms with van der Waals surface area (Å²) in [5.74, 6) is 4.74. The van der Waals surface area contributed by atoms with E-state index in [0.29, 0.717) is 31.6 Å². The van der Waals surface area contributed by atoms with Crippen LogP contribution in [0.2, 0.25) is 0 Å². The normalized spacial score (nSPS) is 12.3. The minimum Gasteiger partial charge on any atom is -0.377 e. The Morgan fingerprint density at radius 2 is 1.42 bits per heavy atom. The lowest BCUT2D eigenvalue weighted by Gasteiger charge is -2.15. The Morgan fingerprint density at radius 1 is 0.846 bits per heavy atom. The van der Waals surface area contributed by atoms with Crippen molar-refractivity contribution in [3.63, 3.8) is 0 Å². The highest BCUT2D eigenvalue weighted by Crippen LogP contribution is 2.23. The summed E-state index contributed by atoms with van der Waals surface area (Å²) in [4.78, 5) is 0. The highest BCUT2D eigenvalue weighted by molar-refractivity contribution is 5.15. The van der Waals surface area contributed by atoms with Gasteiger partial charge in [-0.15, -0.1) is 5.92 Å². The van der Waals surface area contributed by atoms with Gasteiger partial charge in [-0.05, 0) is 17.5 Å². The van der Waals surface area contributed by atoms with Crippen LogP contribution in [0, 0.1) is 11.8 Å². The Kier molecular flexibility index (Phi) is 8.20. The van der Waals surface area contributed by atoms with Crippen molar-refractivity contribution in [2.24, 2.45) is 0 Å². The van der Waals surface area contributed by atoms with Gasteiger partial charge >= 0.3 is 6.18 Å². The molecule has 0 aliphatic heterocycles. The first kappa shape index (κ1) is 20.0. The molecule has 1 atom stereocenters. The number of ether oxygens (including phenoxy) is 2. The SMILES string of the molecule is FC(F)(F)[C@H](C#CCCCOCc1ccccc1)OCc1ccccc1. The zero-order chi connectivity index (χ0) is 18.7. The summed E-state index contributed by atoms with van der Waals surface area (Å²) in [5.41, 5.74) is 1.74. The molecule has 0 saturated carbocycles. The quantitative estimate of drug-likeness (QED) is 0.478. The van der Waals surface area contributed by atoms with Gasteiger partial charge in [0.05, 0.1) is 13.2 Å². The third kappa shape index (κ3) is 7.73. The molecule has 2 aromatic carbocycles. The van der Waals surface area contributed by atoms with Gasteiger partial charge < -0.3 is 9.47 Å². The highest BCUT2D eigenvalue weighted by atomic mass is 19.4. The van der Waals surface area contributed by atoms with Crippen molar-refractivity contribution in [3.8, 4) is 11.8 Å². The number of halogens is 3. The van der Waals surface area contributed by atoms with E-state index < -0.39 is 12.3 Å². The average molecular weight is 362 g/mol. The Labute approximate surface area is 151 Å². The van der Waals surface area contributed by atoms with Crippen molar-refractivity contribution in [2.45, 2.75) is 38.3 Å². The van der Waals surface area contributed by atoms with Crippen LogP contribution in [0.1, 0.15) is 24.0 Å². The third-order valence-corrected chi connectivity index (χ3v) is 3.49. The van der Waals surface area contributed by atoms with E-state index in [4.69, 9.17) is 9.47 Å². The van der Waals surface area contributed by atoms with Crippen LogP contribution in [0.3, 0.4) is 0 Å². The van der Waals surface area contributed by atoms with E-state index in [2.05, 4.69) is 11.8 Å². The van der Waals surface area contributed by atoms with Crippen molar-refractivity contribution in [1.29, 1.82) is 0 Å². The van der Waals surface area contributed by atoms with Gasteiger partial charge in [0.2, 0.25) is 6.10 Å². The molecule has 0 saturated heterocycles. The van der Waals surface area contributed by atoms with Gasteiger partial charge in [-0.1, -0.05) is 66.6 Å². The summed E-state index contributed by atoms with van der Waals surface area (Å²) >= 11 is 0. The molecule has 2 aromatic rings. The second kappa shape index (κ2) is 10.6. The lowest BCUT2D eigenvalue weighted by Crippen LogP contribution is -2.30. The van der Waals surface area contributed by atoms with Gasteiger partial charge in [-0.2, -0.15) is 13.2 Å². The Hall–Kier alpha value is -2.29. The summed E-state index contributed by atoms with van der Waals surface area (Å²) in [6.45, 7) is 0.810. The molecule has 2 nitrogen and oxygen atoms in total. The van der Waals surface area contributed by atoms with Crippen molar-refractivity contribution >= 4 is 0 Å². The molecule has 0 heterocycles. The summed E-state index contributed by atoms with van der Waals surface area (Å²) in [5, 5.41) is 0. The molecule has 0 aliphatic rings. The molecular weight excluding hydrogens is 341 g/mol. The maximum atomic E-state index is 13.0. The van der Waals surface area contributed by atoms with Crippen LogP contribution in [-0.2, 0) is 22.7 Å². The summed E-state index contributed by atoms with van der Waals surface area (Å²) < 4.78 is 49.4. The van der Waals surface area contributed by atoms with Crippen molar-refractivity contribution < 1.29 is 22.6 Å². The van der Waals surface area contributed by atoms with Crippen LogP contribution in [0.15, 0.2) is 60.7 Å². The molecule has 0 aromatic heterocycles. The first-order valence-corrected chi connectivity index (χ1v) is 8.38. The summed E-state index contributed by atoms with van der Waals surface area (Å²) in [6.07, 6.45) is -5.68. The predicted octanol–water partition coefficient (Wildman–Crippen LogP) is 5.13. The second-order valence-corrected chi connectivity index (χ2v) is 5.68. The first-order valence-electron chi connectivity index (χ1n) is 8.38. The zero-order valence-electron chi connectivity index (χ0n) is 14.3. The smallest absolute Gasteiger partial charge is 0.377 e. The monoisotopic (exact) mass is 362 g/mol. The average Bonchev–Trinajstić information content (AvgIpc) is 2.64. The van der Waals surface area contributed by atoms with E-state index in [9.17, 15) is 13.2 Å². The van der Waals surface area contributed by atoms with E-state index in [1.165, 1.54) is 0 Å². The number of unbranched alkanes of at least 4 members (excludes halogenated alkanes) is 1. The number of hydrogen-bond donors (Lipinski definition) is 0. The number of hydrogen-bond acceptors (Lipinski definition) is 2. The van der Waals surface area contributed by atoms with Crippen molar-refractivity contribution in [2.75, 3.05) is 6.61 Å². The second-order valence-electron chi connectivity index (χ2n) is 5.68. The molecule has 138 valence electrons. The third-order valence-electron chi connectivity index (χ3n) is 3.49. The molecule has 5 heteroatoms. The topological polar surface area (TPSA) is 18.5 Å². The zero-order valence-corrected chi connectivity index (χ0v) is 14.3. The fourth-order valence-corrected chi connectivity index (χ4v) is 2.16. The van der Waals surface area contributed by atoms with Crippen LogP contribution in [-0.4, -0.2) is 18.9 Å². The van der Waals surface area contributed by atoms with Gasteiger partial charge in [0.15, 0.2) is 0 Å². The molecule has 0 spiro atoms. The van der Waals surface area contributed by atoms with E-state index in [0.717, 1.165) is 5.56 Å². The largest absolute Gasteiger partial charge is 0.426 e. The molecule has 26 heavy (non-hydrogen) atoms. The van der Waals surface area contributed by atoms with Gasteiger partial charge in [0.25, 0.3) is 0 Å². The van der Waals surface area contributed by atoms with Gasteiger partial charge in [0.1, 0.15) is 0 Å². The minimum atomic E-state index is -4.51. The van der Waals surface area contributed by atoms with Crippen LogP contribution in [0.4, 0.5) is 13.2 Å². The maximum absolute atomic E-state index is 13.0. The molecule has 0 radical (unpaired) electrons. The van der Waals surface area contributed by atoms with Crippen molar-refractivity contribution in [3.05, 3.63) is 71.8 Å². The van der Waals surface area contributed by atoms with Gasteiger partial charge in [-0.3, -0.25) is 0 Å². The van der Waals surface area contributed by atoms with Crippen molar-refractivity contribution in [1.82, 2.24) is 0 Å². The lowest BCUT2D eigenvalue weighted by molar-refractivity contribution is -0.203. The van der Waals surface area contributed by atoms with E-state index in [1.54, 1.807) is 30.3 Å². The summed E-state index contributed by atoms with van der Waals surface area (Å²) in [7, 11) is 0. The van der Waals surface area contributed by atoms with Gasteiger partial charge in [0, 0.05) is 13.0 Å². The standard InChI is InChI=1S/C21H21F3O2/c22-21(23,24)20(26-17-19-12-6-2-7-13-19)14-8-3-9-15-25-16-18-10-4-1-5-11-18/h1-2,4-7,10-13,20H,3,9,15-17H2/t20-/m0/s1. The Balaban J connectivity index is 1.71. The summed E-state index contributed by atoms with van der Waals surface area (Å²) in [6, 6.07) is 18.4. The number of rotatable bonds is 8. The maximum Gasteiger partial charge on any atom is 0.426 e. The minimum absolute atomic E-state index is 0.125. The molecule has 0 bridgehead atoms. The fraction of sp³-hybridized carbons (Fsp3) is 0.333. The Morgan fingerprint density at radius 3 is 2.00 bits per heavy atom. The number of benzene rings is 2. The molecule has 0 unspecified atom stereocenters. The molecule has 0 aliphatic carbocycles. The highest BCUT2D eigenvalue weighted by Gasteiger charge is 2.39. The van der Waals surface area contributed by atoms with E-state index in [-0.39, 0.29) is 6.61 Å². The van der Waals surface area contributed by atoms with E-state index in [1.807, 2.05) is 30.3 Å². The number of alkyl halides is 3. The first-order chi connectivity index (χ1) is 12.6. The van der Waals surface area contributed by atoms with Gasteiger partial charge in [-0.25, -0.2) is 0 Å². The predicted molar refractivity (Wildman–Crippen MR) is 94.2 cm³/mol. The molecule has 0 amide bonds. The molecule has 0 fully saturated rings. The van der Waals surface area contributed by atoms with Crippen LogP contribution < -0.4 is 0 Å². The molecule has 0 N–H and O–H groups in total.